The molecule has 2 aromatic rings. The van der Waals surface area contributed by atoms with Crippen molar-refractivity contribution in [3.63, 3.8) is 0 Å². The van der Waals surface area contributed by atoms with E-state index in [1.165, 1.54) is 5.56 Å². The molecule has 1 aromatic carbocycles. The predicted molar refractivity (Wildman–Crippen MR) is 82.2 cm³/mol. The third kappa shape index (κ3) is 2.79. The Morgan fingerprint density at radius 2 is 1.80 bits per heavy atom. The number of benzene rings is 1. The predicted octanol–water partition coefficient (Wildman–Crippen LogP) is 3.41. The average Bonchev–Trinajstić information content (AvgIpc) is 3.02. The molecule has 0 saturated heterocycles. The molecule has 1 unspecified atom stereocenters. The van der Waals surface area contributed by atoms with E-state index in [4.69, 9.17) is 10.3 Å². The average molecular weight is 272 g/mol. The van der Waals surface area contributed by atoms with Gasteiger partial charge in [0.1, 0.15) is 5.76 Å². The Bertz CT molecular complexity index is 489. The van der Waals surface area contributed by atoms with E-state index in [2.05, 4.69) is 49.6 Å². The van der Waals surface area contributed by atoms with Gasteiger partial charge in [0.25, 0.3) is 0 Å². The maximum atomic E-state index is 5.87. The molecule has 0 fully saturated rings. The van der Waals surface area contributed by atoms with Gasteiger partial charge in [-0.05, 0) is 30.5 Å². The lowest BCUT2D eigenvalue weighted by Crippen LogP contribution is -2.52. The van der Waals surface area contributed by atoms with E-state index in [1.54, 1.807) is 6.26 Å². The fourth-order valence-corrected chi connectivity index (χ4v) is 3.17. The minimum Gasteiger partial charge on any atom is -0.469 e. The van der Waals surface area contributed by atoms with Crippen LogP contribution in [0.15, 0.2) is 53.1 Å². The lowest BCUT2D eigenvalue weighted by Gasteiger charge is -2.39. The Morgan fingerprint density at radius 1 is 1.10 bits per heavy atom. The van der Waals surface area contributed by atoms with Crippen molar-refractivity contribution in [2.75, 3.05) is 0 Å². The molecule has 3 nitrogen and oxygen atoms in total. The van der Waals surface area contributed by atoms with E-state index < -0.39 is 0 Å². The lowest BCUT2D eigenvalue weighted by molar-refractivity contribution is 0.260. The molecule has 108 valence electrons. The Kier molecular flexibility index (Phi) is 4.99. The van der Waals surface area contributed by atoms with E-state index >= 15 is 0 Å². The monoisotopic (exact) mass is 272 g/mol. The van der Waals surface area contributed by atoms with E-state index in [0.29, 0.717) is 0 Å². The van der Waals surface area contributed by atoms with E-state index in [0.717, 1.165) is 25.0 Å². The molecule has 0 amide bonds. The molecule has 3 N–H and O–H groups in total. The van der Waals surface area contributed by atoms with Crippen LogP contribution >= 0.6 is 0 Å². The zero-order chi connectivity index (χ0) is 14.4. The normalized spacial score (nSPS) is 13.3. The van der Waals surface area contributed by atoms with Crippen molar-refractivity contribution in [2.24, 2.45) is 5.84 Å². The van der Waals surface area contributed by atoms with Gasteiger partial charge in [-0.2, -0.15) is 0 Å². The second kappa shape index (κ2) is 6.73. The van der Waals surface area contributed by atoms with Gasteiger partial charge in [0, 0.05) is 17.9 Å². The summed E-state index contributed by atoms with van der Waals surface area (Å²) in [4.78, 5) is 0. The summed E-state index contributed by atoms with van der Waals surface area (Å²) in [6, 6.07) is 14.7. The standard InChI is InChI=1S/C17H24N2O/c1-3-17(4-2,14-9-6-5-7-10-14)16(19-18)13-15-11-8-12-20-15/h5-12,16,19H,3-4,13,18H2,1-2H3. The van der Waals surface area contributed by atoms with Crippen molar-refractivity contribution in [3.05, 3.63) is 60.1 Å². The first-order valence-electron chi connectivity index (χ1n) is 7.30. The maximum absolute atomic E-state index is 5.87. The van der Waals surface area contributed by atoms with Crippen LogP contribution in [0.25, 0.3) is 0 Å². The fraction of sp³-hybridized carbons (Fsp3) is 0.412. The lowest BCUT2D eigenvalue weighted by atomic mass is 9.69. The van der Waals surface area contributed by atoms with Gasteiger partial charge in [-0.25, -0.2) is 0 Å². The molecule has 1 aromatic heterocycles. The number of rotatable bonds is 7. The minimum atomic E-state index is 0.0167. The number of nitrogens with one attached hydrogen (secondary N) is 1. The van der Waals surface area contributed by atoms with E-state index in [1.807, 2.05) is 12.1 Å². The van der Waals surface area contributed by atoms with Gasteiger partial charge < -0.3 is 4.42 Å². The molecular formula is C17H24N2O. The molecule has 0 bridgehead atoms. The number of hydrogen-bond acceptors (Lipinski definition) is 3. The van der Waals surface area contributed by atoms with Crippen molar-refractivity contribution in [2.45, 2.75) is 44.6 Å². The highest BCUT2D eigenvalue weighted by Gasteiger charge is 2.37. The Morgan fingerprint density at radius 3 is 2.30 bits per heavy atom. The fourth-order valence-electron chi connectivity index (χ4n) is 3.17. The summed E-state index contributed by atoms with van der Waals surface area (Å²) >= 11 is 0. The second-order valence-corrected chi connectivity index (χ2v) is 5.23. The van der Waals surface area contributed by atoms with Crippen LogP contribution in [0.1, 0.15) is 38.0 Å². The van der Waals surface area contributed by atoms with Crippen LogP contribution in [0.4, 0.5) is 0 Å². The van der Waals surface area contributed by atoms with E-state index in [9.17, 15) is 0 Å². The number of hydrazine groups is 1. The molecule has 3 heteroatoms. The summed E-state index contributed by atoms with van der Waals surface area (Å²) < 4.78 is 5.49. The first-order chi connectivity index (χ1) is 9.76. The highest BCUT2D eigenvalue weighted by Crippen LogP contribution is 2.36. The van der Waals surface area contributed by atoms with Crippen LogP contribution in [0.5, 0.6) is 0 Å². The first kappa shape index (κ1) is 14.8. The summed E-state index contributed by atoms with van der Waals surface area (Å²) in [5.41, 5.74) is 4.37. The second-order valence-electron chi connectivity index (χ2n) is 5.23. The van der Waals surface area contributed by atoms with Gasteiger partial charge in [-0.1, -0.05) is 44.2 Å². The van der Waals surface area contributed by atoms with E-state index in [-0.39, 0.29) is 11.5 Å². The topological polar surface area (TPSA) is 51.2 Å². The van der Waals surface area contributed by atoms with Gasteiger partial charge in [0.15, 0.2) is 0 Å². The third-order valence-corrected chi connectivity index (χ3v) is 4.46. The summed E-state index contributed by atoms with van der Waals surface area (Å²) in [7, 11) is 0. The summed E-state index contributed by atoms with van der Waals surface area (Å²) in [5.74, 6) is 6.84. The molecule has 0 saturated carbocycles. The largest absolute Gasteiger partial charge is 0.469 e. The highest BCUT2D eigenvalue weighted by atomic mass is 16.3. The molecule has 0 radical (unpaired) electrons. The molecular weight excluding hydrogens is 248 g/mol. The maximum Gasteiger partial charge on any atom is 0.105 e. The molecule has 2 rings (SSSR count). The van der Waals surface area contributed by atoms with Crippen molar-refractivity contribution in [3.8, 4) is 0 Å². The van der Waals surface area contributed by atoms with Gasteiger partial charge in [-0.15, -0.1) is 0 Å². The number of furan rings is 1. The van der Waals surface area contributed by atoms with Crippen molar-refractivity contribution in [1.82, 2.24) is 5.43 Å². The van der Waals surface area contributed by atoms with Gasteiger partial charge >= 0.3 is 0 Å². The third-order valence-electron chi connectivity index (χ3n) is 4.46. The molecule has 1 atom stereocenters. The molecule has 1 heterocycles. The smallest absolute Gasteiger partial charge is 0.105 e. The van der Waals surface area contributed by atoms with Crippen molar-refractivity contribution >= 4 is 0 Å². The summed E-state index contributed by atoms with van der Waals surface area (Å²) in [5, 5.41) is 0. The van der Waals surface area contributed by atoms with Crippen molar-refractivity contribution < 1.29 is 4.42 Å². The van der Waals surface area contributed by atoms with Crippen LogP contribution in [0.2, 0.25) is 0 Å². The first-order valence-corrected chi connectivity index (χ1v) is 7.30. The summed E-state index contributed by atoms with van der Waals surface area (Å²) in [6.45, 7) is 4.45. The highest BCUT2D eigenvalue weighted by molar-refractivity contribution is 5.28. The van der Waals surface area contributed by atoms with Crippen LogP contribution in [0.3, 0.4) is 0 Å². The quantitative estimate of drug-likeness (QED) is 0.600. The van der Waals surface area contributed by atoms with Gasteiger partial charge in [0.05, 0.1) is 6.26 Å². The minimum absolute atomic E-state index is 0.0167. The molecule has 0 spiro atoms. The van der Waals surface area contributed by atoms with Crippen LogP contribution in [-0.4, -0.2) is 6.04 Å². The Hall–Kier alpha value is -1.58. The zero-order valence-electron chi connectivity index (χ0n) is 12.3. The number of hydrogen-bond donors (Lipinski definition) is 2. The zero-order valence-corrected chi connectivity index (χ0v) is 12.3. The summed E-state index contributed by atoms with van der Waals surface area (Å²) in [6.07, 6.45) is 4.57. The van der Waals surface area contributed by atoms with Crippen molar-refractivity contribution in [1.29, 1.82) is 0 Å². The Balaban J connectivity index is 2.34. The van der Waals surface area contributed by atoms with Crippen LogP contribution in [0, 0.1) is 0 Å². The molecule has 0 aliphatic rings. The van der Waals surface area contributed by atoms with Crippen LogP contribution in [-0.2, 0) is 11.8 Å². The molecule has 20 heavy (non-hydrogen) atoms. The Labute approximate surface area is 121 Å². The SMILES string of the molecule is CCC(CC)(c1ccccc1)C(Cc1ccco1)NN. The molecule has 0 aliphatic heterocycles. The van der Waals surface area contributed by atoms with Crippen LogP contribution < -0.4 is 11.3 Å². The van der Waals surface area contributed by atoms with Gasteiger partial charge in [0.2, 0.25) is 0 Å². The molecule has 0 aliphatic carbocycles. The number of nitrogens with two attached hydrogens (primary N) is 1. The van der Waals surface area contributed by atoms with Gasteiger partial charge in [-0.3, -0.25) is 11.3 Å².